The Hall–Kier alpha value is -0.630. The number of Topliss-reactive ketones (excluding diaryl/α,β-unsaturated/α-hetero) is 1. The summed E-state index contributed by atoms with van der Waals surface area (Å²) in [5, 5.41) is 0. The molecule has 0 radical (unpaired) electrons. The van der Waals surface area contributed by atoms with Crippen molar-refractivity contribution in [2.24, 2.45) is 17.8 Å². The van der Waals surface area contributed by atoms with Crippen molar-refractivity contribution < 1.29 is 9.53 Å². The maximum atomic E-state index is 11.3. The van der Waals surface area contributed by atoms with Gasteiger partial charge in [0, 0.05) is 13.0 Å². The third-order valence-corrected chi connectivity index (χ3v) is 5.05. The number of carbonyl (C=O) groups excluding carboxylic acids is 1. The monoisotopic (exact) mass is 264 g/mol. The second-order valence-electron chi connectivity index (χ2n) is 6.38. The van der Waals surface area contributed by atoms with Crippen LogP contribution in [0.5, 0.6) is 0 Å². The van der Waals surface area contributed by atoms with Crippen LogP contribution in [0.15, 0.2) is 12.2 Å². The molecule has 2 aliphatic rings. The lowest BCUT2D eigenvalue weighted by molar-refractivity contribution is -0.121. The van der Waals surface area contributed by atoms with Gasteiger partial charge in [0.1, 0.15) is 5.78 Å². The van der Waals surface area contributed by atoms with E-state index in [2.05, 4.69) is 12.2 Å². The van der Waals surface area contributed by atoms with Crippen LogP contribution in [-0.4, -0.2) is 19.0 Å². The van der Waals surface area contributed by atoms with Gasteiger partial charge in [-0.05, 0) is 70.1 Å². The Kier molecular flexibility index (Phi) is 5.62. The number of ether oxygens (including phenoxy) is 1. The number of allylic oxidation sites excluding steroid dienone is 2. The minimum Gasteiger partial charge on any atom is -0.381 e. The molecule has 0 N–H and O–H groups in total. The summed E-state index contributed by atoms with van der Waals surface area (Å²) >= 11 is 0. The molecule has 2 heteroatoms. The fourth-order valence-corrected chi connectivity index (χ4v) is 3.55. The normalized spacial score (nSPS) is 36.5. The Morgan fingerprint density at radius 3 is 1.79 bits per heavy atom. The van der Waals surface area contributed by atoms with Crippen molar-refractivity contribution in [3.63, 3.8) is 0 Å². The fraction of sp³-hybridized carbons (Fsp3) is 0.824. The van der Waals surface area contributed by atoms with Crippen molar-refractivity contribution in [2.45, 2.75) is 64.4 Å². The van der Waals surface area contributed by atoms with Crippen LogP contribution in [0.4, 0.5) is 0 Å². The molecule has 0 aliphatic heterocycles. The zero-order valence-electron chi connectivity index (χ0n) is 12.4. The van der Waals surface area contributed by atoms with Gasteiger partial charge in [-0.15, -0.1) is 0 Å². The van der Waals surface area contributed by atoms with E-state index in [-0.39, 0.29) is 0 Å². The second-order valence-corrected chi connectivity index (χ2v) is 6.38. The van der Waals surface area contributed by atoms with E-state index >= 15 is 0 Å². The van der Waals surface area contributed by atoms with Gasteiger partial charge in [-0.1, -0.05) is 12.2 Å². The first kappa shape index (κ1) is 14.8. The number of ketones is 1. The summed E-state index contributed by atoms with van der Waals surface area (Å²) in [6.07, 6.45) is 15.0. The van der Waals surface area contributed by atoms with E-state index in [9.17, 15) is 4.79 Å². The molecule has 2 fully saturated rings. The van der Waals surface area contributed by atoms with E-state index in [0.717, 1.165) is 24.7 Å². The molecule has 0 bridgehead atoms. The Bertz CT molecular complexity index is 305. The number of hydrogen-bond acceptors (Lipinski definition) is 2. The van der Waals surface area contributed by atoms with Crippen LogP contribution in [0.3, 0.4) is 0 Å². The number of methoxy groups -OCH3 is 1. The van der Waals surface area contributed by atoms with Crippen molar-refractivity contribution in [1.82, 2.24) is 0 Å². The summed E-state index contributed by atoms with van der Waals surface area (Å²) in [6.45, 7) is 1.75. The first-order valence-corrected chi connectivity index (χ1v) is 7.90. The summed E-state index contributed by atoms with van der Waals surface area (Å²) in [6, 6.07) is 0. The van der Waals surface area contributed by atoms with Gasteiger partial charge >= 0.3 is 0 Å². The lowest BCUT2D eigenvalue weighted by Crippen LogP contribution is -2.20. The van der Waals surface area contributed by atoms with Crippen LogP contribution in [0.2, 0.25) is 0 Å². The first-order chi connectivity index (χ1) is 9.19. The topological polar surface area (TPSA) is 26.3 Å². The van der Waals surface area contributed by atoms with Crippen molar-refractivity contribution in [3.8, 4) is 0 Å². The van der Waals surface area contributed by atoms with Gasteiger partial charge in [0.2, 0.25) is 0 Å². The molecule has 0 saturated heterocycles. The van der Waals surface area contributed by atoms with Gasteiger partial charge < -0.3 is 4.74 Å². The molecule has 108 valence electrons. The Balaban J connectivity index is 1.71. The highest BCUT2D eigenvalue weighted by Crippen LogP contribution is 2.32. The van der Waals surface area contributed by atoms with Crippen LogP contribution in [0.1, 0.15) is 58.3 Å². The van der Waals surface area contributed by atoms with E-state index in [0.29, 0.717) is 17.8 Å². The molecule has 2 nitrogen and oxygen atoms in total. The number of carbonyl (C=O) groups is 1. The van der Waals surface area contributed by atoms with Gasteiger partial charge in [0.15, 0.2) is 0 Å². The third kappa shape index (κ3) is 4.45. The molecule has 0 aromatic rings. The SMILES string of the molecule is COC1CCC(C=CC2CCC(C(C)=O)CC2)CC1. The smallest absolute Gasteiger partial charge is 0.132 e. The van der Waals surface area contributed by atoms with Crippen molar-refractivity contribution >= 4 is 5.78 Å². The number of rotatable bonds is 4. The standard InChI is InChI=1S/C17H28O2/c1-13(18)16-9-5-14(6-10-16)3-4-15-7-11-17(19-2)12-8-15/h3-4,14-17H,5-12H2,1-2H3. The molecule has 0 spiro atoms. The van der Waals surface area contributed by atoms with E-state index in [1.807, 2.05) is 7.11 Å². The predicted molar refractivity (Wildman–Crippen MR) is 78.0 cm³/mol. The Morgan fingerprint density at radius 2 is 1.37 bits per heavy atom. The highest BCUT2D eigenvalue weighted by Gasteiger charge is 2.23. The molecule has 19 heavy (non-hydrogen) atoms. The molecule has 2 aliphatic carbocycles. The van der Waals surface area contributed by atoms with E-state index < -0.39 is 0 Å². The average molecular weight is 264 g/mol. The van der Waals surface area contributed by atoms with Gasteiger partial charge in [-0.3, -0.25) is 4.79 Å². The van der Waals surface area contributed by atoms with Gasteiger partial charge in [-0.25, -0.2) is 0 Å². The van der Waals surface area contributed by atoms with Crippen molar-refractivity contribution in [3.05, 3.63) is 12.2 Å². The molecule has 0 unspecified atom stereocenters. The van der Waals surface area contributed by atoms with Gasteiger partial charge in [0.05, 0.1) is 6.10 Å². The zero-order chi connectivity index (χ0) is 13.7. The van der Waals surface area contributed by atoms with Crippen molar-refractivity contribution in [1.29, 1.82) is 0 Å². The summed E-state index contributed by atoms with van der Waals surface area (Å²) in [5.41, 5.74) is 0. The van der Waals surface area contributed by atoms with Gasteiger partial charge in [-0.2, -0.15) is 0 Å². The molecule has 2 rings (SSSR count). The molecular weight excluding hydrogens is 236 g/mol. The Morgan fingerprint density at radius 1 is 0.895 bits per heavy atom. The summed E-state index contributed by atoms with van der Waals surface area (Å²) in [4.78, 5) is 11.3. The van der Waals surface area contributed by atoms with E-state index in [4.69, 9.17) is 4.74 Å². The van der Waals surface area contributed by atoms with Gasteiger partial charge in [0.25, 0.3) is 0 Å². The van der Waals surface area contributed by atoms with Crippen LogP contribution >= 0.6 is 0 Å². The molecule has 0 aromatic heterocycles. The first-order valence-electron chi connectivity index (χ1n) is 7.90. The molecular formula is C17H28O2. The largest absolute Gasteiger partial charge is 0.381 e. The summed E-state index contributed by atoms with van der Waals surface area (Å²) in [7, 11) is 1.83. The summed E-state index contributed by atoms with van der Waals surface area (Å²) in [5.74, 6) is 2.22. The molecule has 0 heterocycles. The van der Waals surface area contributed by atoms with E-state index in [1.54, 1.807) is 6.92 Å². The molecule has 2 saturated carbocycles. The fourth-order valence-electron chi connectivity index (χ4n) is 3.55. The lowest BCUT2D eigenvalue weighted by Gasteiger charge is -2.27. The van der Waals surface area contributed by atoms with Crippen LogP contribution < -0.4 is 0 Å². The Labute approximate surface area is 117 Å². The predicted octanol–water partition coefficient (Wildman–Crippen LogP) is 4.14. The third-order valence-electron chi connectivity index (χ3n) is 5.05. The maximum absolute atomic E-state index is 11.3. The van der Waals surface area contributed by atoms with Crippen LogP contribution in [0, 0.1) is 17.8 Å². The molecule has 0 atom stereocenters. The second kappa shape index (κ2) is 7.23. The van der Waals surface area contributed by atoms with Crippen molar-refractivity contribution in [2.75, 3.05) is 7.11 Å². The average Bonchev–Trinajstić information content (AvgIpc) is 2.46. The lowest BCUT2D eigenvalue weighted by atomic mass is 9.79. The quantitative estimate of drug-likeness (QED) is 0.713. The maximum Gasteiger partial charge on any atom is 0.132 e. The highest BCUT2D eigenvalue weighted by atomic mass is 16.5. The van der Waals surface area contributed by atoms with Crippen LogP contribution in [-0.2, 0) is 9.53 Å². The minimum absolute atomic E-state index is 0.349. The zero-order valence-corrected chi connectivity index (χ0v) is 12.4. The van der Waals surface area contributed by atoms with Crippen LogP contribution in [0.25, 0.3) is 0 Å². The minimum atomic E-state index is 0.349. The summed E-state index contributed by atoms with van der Waals surface area (Å²) < 4.78 is 5.41. The highest BCUT2D eigenvalue weighted by molar-refractivity contribution is 5.78. The van der Waals surface area contributed by atoms with E-state index in [1.165, 1.54) is 38.5 Å². The molecule has 0 amide bonds. The number of hydrogen-bond donors (Lipinski definition) is 0. The molecule has 0 aromatic carbocycles.